The minimum Gasteiger partial charge on any atom is -0.496 e. The molecule has 1 aromatic rings. The maximum absolute atomic E-state index is 12.4. The second kappa shape index (κ2) is 6.58. The number of methoxy groups -OCH3 is 2. The standard InChI is InChI=1S/C15H19NO5/c1-20-13-6-4-3-5-10(13)7-14(18)16-9-11(17)8-12(16)15(19)21-2/h3-6,11-12,17H,7-9H2,1-2H3. The summed E-state index contributed by atoms with van der Waals surface area (Å²) in [6.07, 6.45) is -0.370. The van der Waals surface area contributed by atoms with Gasteiger partial charge in [-0.1, -0.05) is 18.2 Å². The van der Waals surface area contributed by atoms with Crippen LogP contribution in [0.2, 0.25) is 0 Å². The first-order chi connectivity index (χ1) is 10.1. The zero-order chi connectivity index (χ0) is 15.4. The SMILES string of the molecule is COC(=O)C1CC(O)CN1C(=O)Cc1ccccc1OC. The Morgan fingerprint density at radius 2 is 2.05 bits per heavy atom. The van der Waals surface area contributed by atoms with Gasteiger partial charge in [-0.3, -0.25) is 4.79 Å². The molecule has 2 atom stereocenters. The van der Waals surface area contributed by atoms with Crippen molar-refractivity contribution in [2.75, 3.05) is 20.8 Å². The van der Waals surface area contributed by atoms with Crippen LogP contribution in [0.3, 0.4) is 0 Å². The maximum Gasteiger partial charge on any atom is 0.328 e. The molecule has 0 spiro atoms. The van der Waals surface area contributed by atoms with Crippen molar-refractivity contribution in [1.29, 1.82) is 0 Å². The van der Waals surface area contributed by atoms with E-state index < -0.39 is 18.1 Å². The molecule has 1 heterocycles. The number of carbonyl (C=O) groups is 2. The summed E-state index contributed by atoms with van der Waals surface area (Å²) in [4.78, 5) is 25.5. The highest BCUT2D eigenvalue weighted by Gasteiger charge is 2.39. The summed E-state index contributed by atoms with van der Waals surface area (Å²) in [6, 6.07) is 6.51. The average Bonchev–Trinajstić information content (AvgIpc) is 2.89. The number of rotatable bonds is 4. The zero-order valence-electron chi connectivity index (χ0n) is 12.1. The number of hydrogen-bond acceptors (Lipinski definition) is 5. The summed E-state index contributed by atoms with van der Waals surface area (Å²) in [5.74, 6) is -0.105. The van der Waals surface area contributed by atoms with E-state index in [-0.39, 0.29) is 25.3 Å². The first-order valence-corrected chi connectivity index (χ1v) is 6.74. The van der Waals surface area contributed by atoms with Crippen molar-refractivity contribution in [2.45, 2.75) is 25.0 Å². The third kappa shape index (κ3) is 3.33. The molecule has 1 amide bonds. The summed E-state index contributed by atoms with van der Waals surface area (Å²) >= 11 is 0. The molecule has 1 aliphatic heterocycles. The van der Waals surface area contributed by atoms with E-state index in [1.54, 1.807) is 19.2 Å². The molecule has 0 radical (unpaired) electrons. The van der Waals surface area contributed by atoms with Gasteiger partial charge in [-0.15, -0.1) is 0 Å². The summed E-state index contributed by atoms with van der Waals surface area (Å²) < 4.78 is 9.90. The molecule has 6 heteroatoms. The smallest absolute Gasteiger partial charge is 0.328 e. The summed E-state index contributed by atoms with van der Waals surface area (Å²) in [6.45, 7) is 0.147. The molecule has 1 saturated heterocycles. The molecular formula is C15H19NO5. The number of aliphatic hydroxyl groups excluding tert-OH is 1. The van der Waals surface area contributed by atoms with Crippen molar-refractivity contribution in [1.82, 2.24) is 4.90 Å². The lowest BCUT2D eigenvalue weighted by molar-refractivity contribution is -0.150. The predicted octanol–water partition coefficient (Wildman–Crippen LogP) is 0.372. The molecule has 21 heavy (non-hydrogen) atoms. The van der Waals surface area contributed by atoms with Gasteiger partial charge < -0.3 is 19.5 Å². The Balaban J connectivity index is 2.13. The Kier molecular flexibility index (Phi) is 4.80. The lowest BCUT2D eigenvalue weighted by atomic mass is 10.1. The normalized spacial score (nSPS) is 21.2. The van der Waals surface area contributed by atoms with E-state index in [2.05, 4.69) is 4.74 Å². The van der Waals surface area contributed by atoms with Crippen LogP contribution in [0.25, 0.3) is 0 Å². The predicted molar refractivity (Wildman–Crippen MR) is 74.8 cm³/mol. The number of likely N-dealkylation sites (tertiary alicyclic amines) is 1. The Bertz CT molecular complexity index is 531. The number of carbonyl (C=O) groups excluding carboxylic acids is 2. The molecule has 0 aromatic heterocycles. The maximum atomic E-state index is 12.4. The second-order valence-electron chi connectivity index (χ2n) is 4.96. The lowest BCUT2D eigenvalue weighted by Crippen LogP contribution is -2.42. The molecule has 1 fully saturated rings. The Morgan fingerprint density at radius 1 is 1.33 bits per heavy atom. The highest BCUT2D eigenvalue weighted by Crippen LogP contribution is 2.23. The van der Waals surface area contributed by atoms with E-state index in [1.807, 2.05) is 12.1 Å². The van der Waals surface area contributed by atoms with Crippen LogP contribution in [0.4, 0.5) is 0 Å². The number of aliphatic hydroxyl groups is 1. The molecule has 1 aromatic carbocycles. The third-order valence-corrected chi connectivity index (χ3v) is 3.61. The van der Waals surface area contributed by atoms with Crippen LogP contribution in [0.15, 0.2) is 24.3 Å². The fourth-order valence-electron chi connectivity index (χ4n) is 2.56. The highest BCUT2D eigenvalue weighted by atomic mass is 16.5. The molecule has 0 saturated carbocycles. The molecule has 0 aliphatic carbocycles. The van der Waals surface area contributed by atoms with Crippen molar-refractivity contribution in [3.63, 3.8) is 0 Å². The molecule has 6 nitrogen and oxygen atoms in total. The molecular weight excluding hydrogens is 274 g/mol. The van der Waals surface area contributed by atoms with Crippen LogP contribution < -0.4 is 4.74 Å². The number of β-amino-alcohol motifs (C(OH)–C–C–N with tert-alkyl or cyclic N) is 1. The molecule has 1 aliphatic rings. The van der Waals surface area contributed by atoms with Crippen molar-refractivity contribution in [3.8, 4) is 5.75 Å². The molecule has 114 valence electrons. The van der Waals surface area contributed by atoms with Gasteiger partial charge in [-0.2, -0.15) is 0 Å². The second-order valence-corrected chi connectivity index (χ2v) is 4.96. The van der Waals surface area contributed by atoms with Crippen LogP contribution in [0.5, 0.6) is 5.75 Å². The summed E-state index contributed by atoms with van der Waals surface area (Å²) in [5, 5.41) is 9.70. The van der Waals surface area contributed by atoms with E-state index in [4.69, 9.17) is 4.74 Å². The van der Waals surface area contributed by atoms with Gasteiger partial charge in [0.05, 0.1) is 26.7 Å². The van der Waals surface area contributed by atoms with E-state index in [9.17, 15) is 14.7 Å². The van der Waals surface area contributed by atoms with Gasteiger partial charge in [0.1, 0.15) is 11.8 Å². The first kappa shape index (κ1) is 15.3. The van der Waals surface area contributed by atoms with Crippen LogP contribution >= 0.6 is 0 Å². The van der Waals surface area contributed by atoms with Crippen molar-refractivity contribution < 1.29 is 24.2 Å². The van der Waals surface area contributed by atoms with E-state index >= 15 is 0 Å². The topological polar surface area (TPSA) is 76.1 Å². The number of para-hydroxylation sites is 1. The lowest BCUT2D eigenvalue weighted by Gasteiger charge is -2.22. The Labute approximate surface area is 123 Å². The van der Waals surface area contributed by atoms with Gasteiger partial charge in [0.25, 0.3) is 0 Å². The average molecular weight is 293 g/mol. The fraction of sp³-hybridized carbons (Fsp3) is 0.467. The van der Waals surface area contributed by atoms with Gasteiger partial charge in [0.2, 0.25) is 5.91 Å². The highest BCUT2D eigenvalue weighted by molar-refractivity contribution is 5.86. The van der Waals surface area contributed by atoms with Gasteiger partial charge in [-0.05, 0) is 6.07 Å². The third-order valence-electron chi connectivity index (χ3n) is 3.61. The number of hydrogen-bond donors (Lipinski definition) is 1. The number of ether oxygens (including phenoxy) is 2. The van der Waals surface area contributed by atoms with E-state index in [0.29, 0.717) is 5.75 Å². The molecule has 1 N–H and O–H groups in total. The quantitative estimate of drug-likeness (QED) is 0.812. The largest absolute Gasteiger partial charge is 0.496 e. The number of amides is 1. The summed E-state index contributed by atoms with van der Waals surface area (Å²) in [7, 11) is 2.82. The Hall–Kier alpha value is -2.08. The number of nitrogens with zero attached hydrogens (tertiary/aromatic N) is 1. The van der Waals surface area contributed by atoms with Gasteiger partial charge in [0, 0.05) is 18.5 Å². The van der Waals surface area contributed by atoms with Gasteiger partial charge in [-0.25, -0.2) is 4.79 Å². The fourth-order valence-corrected chi connectivity index (χ4v) is 2.56. The van der Waals surface area contributed by atoms with E-state index in [1.165, 1.54) is 12.0 Å². The molecule has 2 rings (SSSR count). The van der Waals surface area contributed by atoms with Crippen LogP contribution in [0, 0.1) is 0 Å². The zero-order valence-corrected chi connectivity index (χ0v) is 12.1. The van der Waals surface area contributed by atoms with Crippen molar-refractivity contribution in [3.05, 3.63) is 29.8 Å². The number of esters is 1. The van der Waals surface area contributed by atoms with Crippen LogP contribution in [-0.4, -0.2) is 54.8 Å². The van der Waals surface area contributed by atoms with Gasteiger partial charge >= 0.3 is 5.97 Å². The first-order valence-electron chi connectivity index (χ1n) is 6.74. The minimum atomic E-state index is -0.716. The van der Waals surface area contributed by atoms with Gasteiger partial charge in [0.15, 0.2) is 0 Å². The van der Waals surface area contributed by atoms with Crippen molar-refractivity contribution in [2.24, 2.45) is 0 Å². The monoisotopic (exact) mass is 293 g/mol. The Morgan fingerprint density at radius 3 is 2.71 bits per heavy atom. The number of benzene rings is 1. The van der Waals surface area contributed by atoms with Crippen LogP contribution in [0.1, 0.15) is 12.0 Å². The van der Waals surface area contributed by atoms with Crippen molar-refractivity contribution >= 4 is 11.9 Å². The minimum absolute atomic E-state index is 0.115. The molecule has 0 bridgehead atoms. The summed E-state index contributed by atoms with van der Waals surface area (Å²) in [5.41, 5.74) is 0.745. The van der Waals surface area contributed by atoms with E-state index in [0.717, 1.165) is 5.56 Å². The van der Waals surface area contributed by atoms with Crippen LogP contribution in [-0.2, 0) is 20.7 Å². The molecule has 2 unspecified atom stereocenters.